The number of hydrogen-bond acceptors (Lipinski definition) is 2. The minimum absolute atomic E-state index is 0. The number of benzene rings is 2. The van der Waals surface area contributed by atoms with Gasteiger partial charge in [0.1, 0.15) is 0 Å². The van der Waals surface area contributed by atoms with Crippen molar-refractivity contribution in [2.24, 2.45) is 0 Å². The summed E-state index contributed by atoms with van der Waals surface area (Å²) in [7, 11) is 0. The summed E-state index contributed by atoms with van der Waals surface area (Å²) in [6, 6.07) is 15.6. The molecule has 0 bridgehead atoms. The maximum absolute atomic E-state index is 9.99. The maximum Gasteiger partial charge on any atom is 0.237 e. The van der Waals surface area contributed by atoms with E-state index in [0.29, 0.717) is 5.75 Å². The molecule has 0 saturated heterocycles. The van der Waals surface area contributed by atoms with Crippen LogP contribution in [0, 0.1) is 0 Å². The van der Waals surface area contributed by atoms with E-state index < -0.39 is 11.2 Å². The third-order valence-corrected chi connectivity index (χ3v) is 5.18. The van der Waals surface area contributed by atoms with Crippen molar-refractivity contribution < 1.29 is 26.3 Å². The predicted octanol–water partition coefficient (Wildman–Crippen LogP) is 0.613. The molecule has 0 aliphatic carbocycles. The minimum Gasteiger partial charge on any atom is -1.00 e. The number of phenolic OH excluding ortho intramolecular Hbond substituents is 1. The summed E-state index contributed by atoms with van der Waals surface area (Å²) in [4.78, 5) is 2.03. The van der Waals surface area contributed by atoms with E-state index >= 15 is 0 Å². The third kappa shape index (κ3) is 2.40. The highest BCUT2D eigenvalue weighted by Gasteiger charge is 2.49. The van der Waals surface area contributed by atoms with Crippen molar-refractivity contribution >= 4 is 11.2 Å². The Balaban J connectivity index is 0.00000133. The van der Waals surface area contributed by atoms with Crippen LogP contribution in [-0.4, -0.2) is 5.11 Å². The van der Waals surface area contributed by atoms with Gasteiger partial charge in [-0.2, -0.15) is 4.18 Å². The lowest BCUT2D eigenvalue weighted by atomic mass is 9.99. The average molecular weight is 339 g/mol. The highest BCUT2D eigenvalue weighted by molar-refractivity contribution is 7.92. The van der Waals surface area contributed by atoms with Gasteiger partial charge >= 0.3 is 0 Å². The number of aromatic hydroxyl groups is 1. The largest absolute Gasteiger partial charge is 1.00 e. The SMILES string of the molecule is CC1(C)O[S+](c2ccccc2O)c2ccccc21.[Br-]. The van der Waals surface area contributed by atoms with E-state index in [9.17, 15) is 5.11 Å². The molecule has 0 amide bonds. The van der Waals surface area contributed by atoms with Crippen LogP contribution in [0.3, 0.4) is 0 Å². The highest BCUT2D eigenvalue weighted by Crippen LogP contribution is 2.46. The van der Waals surface area contributed by atoms with Crippen molar-refractivity contribution in [2.45, 2.75) is 29.2 Å². The van der Waals surface area contributed by atoms with E-state index in [1.165, 1.54) is 10.5 Å². The van der Waals surface area contributed by atoms with E-state index in [2.05, 4.69) is 26.0 Å². The number of halogens is 1. The standard InChI is InChI=1S/C15H14O2S.BrH/c1-15(2)11-7-3-5-9-13(11)18(17-15)14-10-6-4-8-12(14)16;/h3-10H,1-2H3;1H. The van der Waals surface area contributed by atoms with Crippen LogP contribution in [0.2, 0.25) is 0 Å². The lowest BCUT2D eigenvalue weighted by Gasteiger charge is -2.11. The van der Waals surface area contributed by atoms with Crippen molar-refractivity contribution in [2.75, 3.05) is 0 Å². The van der Waals surface area contributed by atoms with Crippen molar-refractivity contribution in [3.63, 3.8) is 0 Å². The molecule has 1 aliphatic heterocycles. The van der Waals surface area contributed by atoms with Crippen LogP contribution in [0.4, 0.5) is 0 Å². The van der Waals surface area contributed by atoms with Crippen LogP contribution >= 0.6 is 0 Å². The molecule has 0 radical (unpaired) electrons. The molecule has 1 atom stereocenters. The fraction of sp³-hybridized carbons (Fsp3) is 0.200. The fourth-order valence-corrected chi connectivity index (χ4v) is 4.30. The maximum atomic E-state index is 9.99. The summed E-state index contributed by atoms with van der Waals surface area (Å²) < 4.78 is 6.15. The zero-order valence-electron chi connectivity index (χ0n) is 10.8. The van der Waals surface area contributed by atoms with E-state index in [-0.39, 0.29) is 22.6 Å². The van der Waals surface area contributed by atoms with Crippen LogP contribution in [0.5, 0.6) is 5.75 Å². The molecule has 2 aromatic rings. The average Bonchev–Trinajstić information content (AvgIpc) is 2.63. The molecule has 100 valence electrons. The monoisotopic (exact) mass is 338 g/mol. The zero-order valence-corrected chi connectivity index (χ0v) is 13.2. The third-order valence-electron chi connectivity index (χ3n) is 3.09. The Labute approximate surface area is 126 Å². The quantitative estimate of drug-likeness (QED) is 0.772. The molecule has 0 saturated carbocycles. The Hall–Kier alpha value is -0.970. The van der Waals surface area contributed by atoms with Gasteiger partial charge in [-0.05, 0) is 26.0 Å². The molecular weight excluding hydrogens is 324 g/mol. The summed E-state index contributed by atoms with van der Waals surface area (Å²) in [5.74, 6) is 0.299. The summed E-state index contributed by atoms with van der Waals surface area (Å²) in [5, 5.41) is 9.99. The van der Waals surface area contributed by atoms with Gasteiger partial charge in [0, 0.05) is 11.6 Å². The Morgan fingerprint density at radius 1 is 0.947 bits per heavy atom. The van der Waals surface area contributed by atoms with Crippen molar-refractivity contribution in [1.29, 1.82) is 0 Å². The van der Waals surface area contributed by atoms with Gasteiger partial charge in [0.25, 0.3) is 0 Å². The number of rotatable bonds is 1. The van der Waals surface area contributed by atoms with Gasteiger partial charge in [0.15, 0.2) is 11.4 Å². The Kier molecular flexibility index (Phi) is 3.95. The summed E-state index contributed by atoms with van der Waals surface area (Å²) in [5.41, 5.74) is 0.902. The minimum atomic E-state index is -0.497. The summed E-state index contributed by atoms with van der Waals surface area (Å²) in [6.45, 7) is 4.14. The molecule has 0 aromatic heterocycles. The number of para-hydroxylation sites is 1. The molecule has 1 unspecified atom stereocenters. The van der Waals surface area contributed by atoms with E-state index in [1.54, 1.807) is 6.07 Å². The van der Waals surface area contributed by atoms with Gasteiger partial charge in [-0.25, -0.2) is 0 Å². The Morgan fingerprint density at radius 2 is 1.53 bits per heavy atom. The van der Waals surface area contributed by atoms with Crippen LogP contribution in [0.15, 0.2) is 58.3 Å². The van der Waals surface area contributed by atoms with Crippen molar-refractivity contribution in [1.82, 2.24) is 0 Å². The molecular formula is C15H15BrO2S. The number of hydrogen-bond donors (Lipinski definition) is 1. The first kappa shape index (κ1) is 14.4. The molecule has 0 fully saturated rings. The zero-order chi connectivity index (χ0) is 12.8. The van der Waals surface area contributed by atoms with E-state index in [0.717, 1.165) is 4.90 Å². The molecule has 1 heterocycles. The van der Waals surface area contributed by atoms with Crippen molar-refractivity contribution in [3.05, 3.63) is 54.1 Å². The van der Waals surface area contributed by atoms with Gasteiger partial charge in [-0.15, -0.1) is 0 Å². The van der Waals surface area contributed by atoms with Crippen LogP contribution in [0.25, 0.3) is 0 Å². The van der Waals surface area contributed by atoms with E-state index in [4.69, 9.17) is 4.18 Å². The number of phenols is 1. The Morgan fingerprint density at radius 3 is 2.21 bits per heavy atom. The number of fused-ring (bicyclic) bond motifs is 1. The lowest BCUT2D eigenvalue weighted by molar-refractivity contribution is -0.00000792. The Bertz CT molecular complexity index is 598. The first-order chi connectivity index (χ1) is 8.59. The predicted molar refractivity (Wildman–Crippen MR) is 72.6 cm³/mol. The lowest BCUT2D eigenvalue weighted by Crippen LogP contribution is -3.00. The van der Waals surface area contributed by atoms with Crippen LogP contribution in [-0.2, 0) is 21.0 Å². The molecule has 19 heavy (non-hydrogen) atoms. The molecule has 4 heteroatoms. The molecule has 2 nitrogen and oxygen atoms in total. The summed E-state index contributed by atoms with van der Waals surface area (Å²) in [6.07, 6.45) is 0. The van der Waals surface area contributed by atoms with Gasteiger partial charge in [0.2, 0.25) is 21.0 Å². The fourth-order valence-electron chi connectivity index (χ4n) is 2.20. The van der Waals surface area contributed by atoms with Gasteiger partial charge in [0.05, 0.1) is 0 Å². The molecule has 2 aromatic carbocycles. The second-order valence-electron chi connectivity index (χ2n) is 4.83. The molecule has 1 N–H and O–H groups in total. The van der Waals surface area contributed by atoms with Crippen LogP contribution in [0.1, 0.15) is 19.4 Å². The smallest absolute Gasteiger partial charge is 0.237 e. The second-order valence-corrected chi connectivity index (χ2v) is 6.41. The van der Waals surface area contributed by atoms with E-state index in [1.807, 2.05) is 30.3 Å². The van der Waals surface area contributed by atoms with Gasteiger partial charge < -0.3 is 22.1 Å². The first-order valence-electron chi connectivity index (χ1n) is 5.91. The second kappa shape index (κ2) is 5.19. The van der Waals surface area contributed by atoms with Crippen LogP contribution < -0.4 is 17.0 Å². The topological polar surface area (TPSA) is 29.5 Å². The normalized spacial score (nSPS) is 19.6. The van der Waals surface area contributed by atoms with Crippen molar-refractivity contribution in [3.8, 4) is 5.75 Å². The summed E-state index contributed by atoms with van der Waals surface area (Å²) >= 11 is -0.497. The molecule has 1 aliphatic rings. The van der Waals surface area contributed by atoms with Gasteiger partial charge in [-0.3, -0.25) is 0 Å². The molecule has 3 rings (SSSR count). The molecule has 0 spiro atoms. The van der Waals surface area contributed by atoms with Gasteiger partial charge in [-0.1, -0.05) is 30.3 Å². The first-order valence-corrected chi connectivity index (χ1v) is 7.06. The highest BCUT2D eigenvalue weighted by atomic mass is 79.9.